The normalized spacial score (nSPS) is 24.1. The van der Waals surface area contributed by atoms with E-state index >= 15 is 0 Å². The zero-order valence-electron chi connectivity index (χ0n) is 10.3. The van der Waals surface area contributed by atoms with Crippen molar-refractivity contribution in [2.45, 2.75) is 44.8 Å². The molecule has 0 heterocycles. The number of hydrogen-bond acceptors (Lipinski definition) is 5. The first-order valence-electron chi connectivity index (χ1n) is 6.20. The molecule has 0 saturated heterocycles. The van der Waals surface area contributed by atoms with Crippen LogP contribution in [0.3, 0.4) is 0 Å². The van der Waals surface area contributed by atoms with Gasteiger partial charge < -0.3 is 0 Å². The Bertz CT molecular complexity index is 242. The van der Waals surface area contributed by atoms with E-state index in [1.807, 2.05) is 0 Å². The molecule has 1 fully saturated rings. The van der Waals surface area contributed by atoms with E-state index < -0.39 is 0 Å². The SMILES string of the molecule is CCOC(=O)COC1CCC(NCB=O)CC1. The Labute approximate surface area is 102 Å². The predicted molar refractivity (Wildman–Crippen MR) is 63.1 cm³/mol. The van der Waals surface area contributed by atoms with E-state index in [-0.39, 0.29) is 18.7 Å². The van der Waals surface area contributed by atoms with E-state index in [2.05, 4.69) is 5.32 Å². The molecule has 96 valence electrons. The van der Waals surface area contributed by atoms with Crippen molar-refractivity contribution < 1.29 is 19.0 Å². The molecule has 6 heteroatoms. The number of carbonyl (C=O) groups excluding carboxylic acids is 1. The fourth-order valence-electron chi connectivity index (χ4n) is 2.04. The van der Waals surface area contributed by atoms with Crippen molar-refractivity contribution in [2.24, 2.45) is 0 Å². The van der Waals surface area contributed by atoms with Crippen LogP contribution in [0.25, 0.3) is 0 Å². The summed E-state index contributed by atoms with van der Waals surface area (Å²) in [7, 11) is 0.878. The van der Waals surface area contributed by atoms with Crippen molar-refractivity contribution in [2.75, 3.05) is 19.7 Å². The summed E-state index contributed by atoms with van der Waals surface area (Å²) in [5.74, 6) is -0.297. The number of hydrogen-bond donors (Lipinski definition) is 1. The summed E-state index contributed by atoms with van der Waals surface area (Å²) in [6, 6.07) is 0.405. The standard InChI is InChI=1S/C11H20BNO4/c1-2-16-11(14)7-17-10-5-3-9(4-6-10)13-8-12-15/h9-10,13H,2-8H2,1H3. The molecule has 0 amide bonds. The number of rotatable bonds is 7. The predicted octanol–water partition coefficient (Wildman–Crippen LogP) is 0.474. The van der Waals surface area contributed by atoms with Crippen LogP contribution >= 0.6 is 0 Å². The van der Waals surface area contributed by atoms with Crippen molar-refractivity contribution in [3.63, 3.8) is 0 Å². The van der Waals surface area contributed by atoms with Gasteiger partial charge in [-0.1, -0.05) is 0 Å². The minimum atomic E-state index is -0.297. The Morgan fingerprint density at radius 3 is 2.65 bits per heavy atom. The van der Waals surface area contributed by atoms with Gasteiger partial charge in [-0.15, -0.1) is 0 Å². The fraction of sp³-hybridized carbons (Fsp3) is 0.909. The first-order chi connectivity index (χ1) is 8.26. The average molecular weight is 241 g/mol. The number of nitrogens with one attached hydrogen (secondary N) is 1. The topological polar surface area (TPSA) is 64.6 Å². The van der Waals surface area contributed by atoms with Gasteiger partial charge in [0.1, 0.15) is 0 Å². The molecule has 0 unspecified atom stereocenters. The van der Waals surface area contributed by atoms with E-state index in [1.54, 1.807) is 6.92 Å². The molecule has 0 atom stereocenters. The van der Waals surface area contributed by atoms with E-state index in [9.17, 15) is 9.50 Å². The second-order valence-electron chi connectivity index (χ2n) is 4.16. The van der Waals surface area contributed by atoms with E-state index in [1.165, 1.54) is 0 Å². The maximum absolute atomic E-state index is 11.1. The zero-order chi connectivity index (χ0) is 12.5. The number of carbonyl (C=O) groups is 1. The van der Waals surface area contributed by atoms with Gasteiger partial charge >= 0.3 is 102 Å². The summed E-state index contributed by atoms with van der Waals surface area (Å²) < 4.78 is 20.5. The summed E-state index contributed by atoms with van der Waals surface area (Å²) in [5, 5.41) is 3.16. The Balaban J connectivity index is 2.10. The minimum absolute atomic E-state index is 0.0466. The van der Waals surface area contributed by atoms with Crippen molar-refractivity contribution in [1.82, 2.24) is 5.32 Å². The van der Waals surface area contributed by atoms with Crippen LogP contribution in [0.2, 0.25) is 0 Å². The molecule has 0 aromatic carbocycles. The van der Waals surface area contributed by atoms with Crippen LogP contribution in [0.4, 0.5) is 0 Å². The van der Waals surface area contributed by atoms with Gasteiger partial charge in [0.2, 0.25) is 0 Å². The van der Waals surface area contributed by atoms with Gasteiger partial charge in [-0.2, -0.15) is 0 Å². The fourth-order valence-corrected chi connectivity index (χ4v) is 2.04. The van der Waals surface area contributed by atoms with Gasteiger partial charge in [-0.3, -0.25) is 0 Å². The van der Waals surface area contributed by atoms with Crippen LogP contribution in [-0.4, -0.2) is 44.9 Å². The summed E-state index contributed by atoms with van der Waals surface area (Å²) in [5.41, 5.74) is 0. The second kappa shape index (κ2) is 8.36. The third-order valence-electron chi connectivity index (χ3n) is 2.91. The van der Waals surface area contributed by atoms with Crippen molar-refractivity contribution in [1.29, 1.82) is 0 Å². The molecule has 1 rings (SSSR count). The molecule has 1 aliphatic rings. The van der Waals surface area contributed by atoms with Gasteiger partial charge in [0.05, 0.1) is 0 Å². The Hall–Kier alpha value is -0.745. The number of ether oxygens (including phenoxy) is 2. The monoisotopic (exact) mass is 241 g/mol. The average Bonchev–Trinajstić information content (AvgIpc) is 2.35. The molecule has 1 saturated carbocycles. The molecule has 0 radical (unpaired) electrons. The summed E-state index contributed by atoms with van der Waals surface area (Å²) in [4.78, 5) is 11.1. The zero-order valence-corrected chi connectivity index (χ0v) is 10.3. The first-order valence-corrected chi connectivity index (χ1v) is 6.20. The summed E-state index contributed by atoms with van der Waals surface area (Å²) >= 11 is 0. The van der Waals surface area contributed by atoms with E-state index in [0.29, 0.717) is 19.1 Å². The van der Waals surface area contributed by atoms with Crippen molar-refractivity contribution in [3.8, 4) is 0 Å². The van der Waals surface area contributed by atoms with E-state index in [0.717, 1.165) is 32.8 Å². The molecule has 17 heavy (non-hydrogen) atoms. The van der Waals surface area contributed by atoms with Crippen LogP contribution in [0.15, 0.2) is 0 Å². The van der Waals surface area contributed by atoms with Crippen molar-refractivity contribution in [3.05, 3.63) is 0 Å². The van der Waals surface area contributed by atoms with Crippen LogP contribution in [0.5, 0.6) is 0 Å². The van der Waals surface area contributed by atoms with Gasteiger partial charge in [0.15, 0.2) is 0 Å². The van der Waals surface area contributed by atoms with Crippen LogP contribution < -0.4 is 5.32 Å². The van der Waals surface area contributed by atoms with Gasteiger partial charge in [0.25, 0.3) is 0 Å². The third kappa shape index (κ3) is 5.93. The molecule has 0 aromatic heterocycles. The summed E-state index contributed by atoms with van der Waals surface area (Å²) in [6.07, 6.45) is 4.39. The molecule has 0 spiro atoms. The van der Waals surface area contributed by atoms with E-state index in [4.69, 9.17) is 9.47 Å². The van der Waals surface area contributed by atoms with Crippen molar-refractivity contribution >= 4 is 13.1 Å². The molecule has 0 aromatic rings. The third-order valence-corrected chi connectivity index (χ3v) is 2.91. The Morgan fingerprint density at radius 1 is 1.35 bits per heavy atom. The first kappa shape index (κ1) is 14.3. The quantitative estimate of drug-likeness (QED) is 0.518. The Morgan fingerprint density at radius 2 is 2.06 bits per heavy atom. The molecular formula is C11H20BNO4. The Kier molecular flexibility index (Phi) is 7.04. The molecule has 0 aliphatic heterocycles. The summed E-state index contributed by atoms with van der Waals surface area (Å²) in [6.45, 7) is 2.22. The van der Waals surface area contributed by atoms with Gasteiger partial charge in [0, 0.05) is 0 Å². The van der Waals surface area contributed by atoms with Crippen LogP contribution in [0.1, 0.15) is 32.6 Å². The van der Waals surface area contributed by atoms with Crippen LogP contribution in [0, 0.1) is 0 Å². The number of esters is 1. The second-order valence-corrected chi connectivity index (χ2v) is 4.16. The molecular weight excluding hydrogens is 221 g/mol. The molecule has 0 bridgehead atoms. The maximum atomic E-state index is 11.1. The molecule has 1 N–H and O–H groups in total. The molecule has 5 nitrogen and oxygen atoms in total. The van der Waals surface area contributed by atoms with Gasteiger partial charge in [-0.25, -0.2) is 0 Å². The molecule has 1 aliphatic carbocycles. The van der Waals surface area contributed by atoms with Gasteiger partial charge in [-0.05, 0) is 0 Å². The van der Waals surface area contributed by atoms with Crippen LogP contribution in [-0.2, 0) is 19.0 Å².